The zero-order chi connectivity index (χ0) is 19.1. The van der Waals surface area contributed by atoms with Crippen molar-refractivity contribution < 1.29 is 9.53 Å². The second-order valence-corrected chi connectivity index (χ2v) is 7.94. The Morgan fingerprint density at radius 1 is 1.35 bits per heavy atom. The van der Waals surface area contributed by atoms with Crippen LogP contribution in [0.25, 0.3) is 0 Å². The molecule has 1 saturated heterocycles. The number of methoxy groups -OCH3 is 1. The van der Waals surface area contributed by atoms with Gasteiger partial charge in [0.2, 0.25) is 0 Å². The van der Waals surface area contributed by atoms with Crippen molar-refractivity contribution >= 4 is 40.6 Å². The number of piperidine rings is 1. The lowest BCUT2D eigenvalue weighted by Crippen LogP contribution is -2.40. The summed E-state index contributed by atoms with van der Waals surface area (Å²) in [5.74, 6) is 1.14. The predicted molar refractivity (Wildman–Crippen MR) is 111 cm³/mol. The zero-order valence-electron chi connectivity index (χ0n) is 15.7. The van der Waals surface area contributed by atoms with Gasteiger partial charge in [0.25, 0.3) is 0 Å². The van der Waals surface area contributed by atoms with E-state index in [9.17, 15) is 4.79 Å². The Bertz CT molecular complexity index is 631. The number of benzene rings is 1. The van der Waals surface area contributed by atoms with Gasteiger partial charge in [0, 0.05) is 19.6 Å². The number of ether oxygens (including phenoxy) is 1. The molecule has 144 valence electrons. The van der Waals surface area contributed by atoms with Gasteiger partial charge in [-0.05, 0) is 61.6 Å². The van der Waals surface area contributed by atoms with Crippen molar-refractivity contribution in [2.45, 2.75) is 26.7 Å². The molecule has 1 aromatic rings. The van der Waals surface area contributed by atoms with Gasteiger partial charge in [0.05, 0.1) is 23.4 Å². The Morgan fingerprint density at radius 2 is 2.04 bits per heavy atom. The van der Waals surface area contributed by atoms with Crippen molar-refractivity contribution in [2.75, 3.05) is 38.6 Å². The first-order valence-corrected chi connectivity index (χ1v) is 9.82. The number of nitrogens with zero attached hydrogens (tertiary/aromatic N) is 1. The van der Waals surface area contributed by atoms with Crippen LogP contribution in [-0.4, -0.2) is 49.3 Å². The zero-order valence-corrected chi connectivity index (χ0v) is 17.3. The molecule has 1 aliphatic rings. The molecular formula is C19H28ClN3O2S. The van der Waals surface area contributed by atoms with Gasteiger partial charge >= 0.3 is 5.97 Å². The smallest absolute Gasteiger partial charge is 0.337 e. The minimum atomic E-state index is -0.409. The summed E-state index contributed by atoms with van der Waals surface area (Å²) in [6.45, 7) is 8.88. The Labute approximate surface area is 166 Å². The average molecular weight is 398 g/mol. The van der Waals surface area contributed by atoms with E-state index >= 15 is 0 Å². The lowest BCUT2D eigenvalue weighted by atomic mass is 9.92. The van der Waals surface area contributed by atoms with E-state index in [0.717, 1.165) is 31.3 Å². The summed E-state index contributed by atoms with van der Waals surface area (Å²) in [5, 5.41) is 7.24. The number of carbonyl (C=O) groups excluding carboxylic acids is 1. The fourth-order valence-corrected chi connectivity index (χ4v) is 3.89. The van der Waals surface area contributed by atoms with E-state index in [1.807, 2.05) is 0 Å². The Kier molecular flexibility index (Phi) is 8.13. The summed E-state index contributed by atoms with van der Waals surface area (Å²) < 4.78 is 4.73. The molecule has 5 nitrogen and oxygen atoms in total. The summed E-state index contributed by atoms with van der Waals surface area (Å²) in [4.78, 5) is 14.2. The SMILES string of the molecule is COC(=O)c1ccc(Cl)c(NC(=S)NCCCN2C[C@@H](C)C[C@H](C)C2)c1. The van der Waals surface area contributed by atoms with Crippen LogP contribution < -0.4 is 10.6 Å². The maximum atomic E-state index is 11.6. The average Bonchev–Trinajstić information content (AvgIpc) is 2.59. The first-order chi connectivity index (χ1) is 12.4. The van der Waals surface area contributed by atoms with Gasteiger partial charge in [0.1, 0.15) is 0 Å². The topological polar surface area (TPSA) is 53.6 Å². The third-order valence-corrected chi connectivity index (χ3v) is 5.09. The van der Waals surface area contributed by atoms with Crippen LogP contribution in [0.3, 0.4) is 0 Å². The molecule has 1 fully saturated rings. The number of hydrogen-bond acceptors (Lipinski definition) is 4. The number of rotatable bonds is 6. The van der Waals surface area contributed by atoms with E-state index in [0.29, 0.717) is 21.4 Å². The van der Waals surface area contributed by atoms with Crippen LogP contribution in [0.15, 0.2) is 18.2 Å². The molecule has 0 bridgehead atoms. The number of anilines is 1. The largest absolute Gasteiger partial charge is 0.465 e. The van der Waals surface area contributed by atoms with Crippen molar-refractivity contribution in [3.8, 4) is 0 Å². The number of carbonyl (C=O) groups is 1. The second kappa shape index (κ2) is 10.1. The number of nitrogens with one attached hydrogen (secondary N) is 2. The second-order valence-electron chi connectivity index (χ2n) is 7.13. The molecule has 0 unspecified atom stereocenters. The Morgan fingerprint density at radius 3 is 2.69 bits per heavy atom. The minimum Gasteiger partial charge on any atom is -0.465 e. The van der Waals surface area contributed by atoms with Crippen molar-refractivity contribution in [1.29, 1.82) is 0 Å². The standard InChI is InChI=1S/C19H28ClN3O2S/c1-13-9-14(2)12-23(11-13)8-4-7-21-19(26)22-17-10-15(18(24)25-3)5-6-16(17)20/h5-6,10,13-14H,4,7-9,11-12H2,1-3H3,(H2,21,22,26)/t13-,14-/m0/s1. The Balaban J connectivity index is 1.76. The molecule has 0 spiro atoms. The normalized spacial score (nSPS) is 20.5. The van der Waals surface area contributed by atoms with Crippen molar-refractivity contribution in [3.05, 3.63) is 28.8 Å². The molecule has 0 saturated carbocycles. The van der Waals surface area contributed by atoms with E-state index in [1.54, 1.807) is 18.2 Å². The highest BCUT2D eigenvalue weighted by atomic mass is 35.5. The van der Waals surface area contributed by atoms with Crippen LogP contribution in [-0.2, 0) is 4.74 Å². The molecule has 1 aromatic carbocycles. The molecular weight excluding hydrogens is 370 g/mol. The molecule has 2 rings (SSSR count). The molecule has 1 aliphatic heterocycles. The third kappa shape index (κ3) is 6.41. The highest BCUT2D eigenvalue weighted by Crippen LogP contribution is 2.23. The van der Waals surface area contributed by atoms with Crippen LogP contribution in [0, 0.1) is 11.8 Å². The molecule has 0 aliphatic carbocycles. The molecule has 0 radical (unpaired) electrons. The fourth-order valence-electron chi connectivity index (χ4n) is 3.51. The van der Waals surface area contributed by atoms with E-state index in [1.165, 1.54) is 26.6 Å². The van der Waals surface area contributed by atoms with Crippen LogP contribution >= 0.6 is 23.8 Å². The number of halogens is 1. The number of hydrogen-bond donors (Lipinski definition) is 2. The van der Waals surface area contributed by atoms with Gasteiger partial charge < -0.3 is 20.3 Å². The summed E-state index contributed by atoms with van der Waals surface area (Å²) in [5.41, 5.74) is 1.02. The van der Waals surface area contributed by atoms with Gasteiger partial charge in [-0.25, -0.2) is 4.79 Å². The minimum absolute atomic E-state index is 0.409. The lowest BCUT2D eigenvalue weighted by molar-refractivity contribution is 0.0601. The number of esters is 1. The van der Waals surface area contributed by atoms with Gasteiger partial charge in [-0.3, -0.25) is 0 Å². The summed E-state index contributed by atoms with van der Waals surface area (Å²) in [6, 6.07) is 4.91. The summed E-state index contributed by atoms with van der Waals surface area (Å²) in [6.07, 6.45) is 2.35. The summed E-state index contributed by atoms with van der Waals surface area (Å²) in [7, 11) is 1.35. The van der Waals surface area contributed by atoms with Crippen LogP contribution in [0.2, 0.25) is 5.02 Å². The first-order valence-electron chi connectivity index (χ1n) is 9.04. The van der Waals surface area contributed by atoms with Crippen LogP contribution in [0.5, 0.6) is 0 Å². The summed E-state index contributed by atoms with van der Waals surface area (Å²) >= 11 is 11.5. The maximum absolute atomic E-state index is 11.6. The molecule has 26 heavy (non-hydrogen) atoms. The number of thiocarbonyl (C=S) groups is 1. The van der Waals surface area contributed by atoms with E-state index in [2.05, 4.69) is 29.4 Å². The third-order valence-electron chi connectivity index (χ3n) is 4.52. The van der Waals surface area contributed by atoms with E-state index in [-0.39, 0.29) is 0 Å². The van der Waals surface area contributed by atoms with Crippen molar-refractivity contribution in [3.63, 3.8) is 0 Å². The maximum Gasteiger partial charge on any atom is 0.337 e. The molecule has 7 heteroatoms. The van der Waals surface area contributed by atoms with Gasteiger partial charge in [-0.2, -0.15) is 0 Å². The highest BCUT2D eigenvalue weighted by molar-refractivity contribution is 7.80. The molecule has 0 amide bonds. The molecule has 1 heterocycles. The lowest BCUT2D eigenvalue weighted by Gasteiger charge is -2.35. The van der Waals surface area contributed by atoms with Crippen LogP contribution in [0.1, 0.15) is 37.0 Å². The Hall–Kier alpha value is -1.37. The molecule has 2 N–H and O–H groups in total. The quantitative estimate of drug-likeness (QED) is 0.433. The van der Waals surface area contributed by atoms with Gasteiger partial charge in [-0.1, -0.05) is 25.4 Å². The van der Waals surface area contributed by atoms with Crippen molar-refractivity contribution in [2.24, 2.45) is 11.8 Å². The van der Waals surface area contributed by atoms with Crippen molar-refractivity contribution in [1.82, 2.24) is 10.2 Å². The molecule has 0 aromatic heterocycles. The first kappa shape index (κ1) is 20.9. The van der Waals surface area contributed by atoms with E-state index in [4.69, 9.17) is 28.6 Å². The molecule has 2 atom stereocenters. The number of likely N-dealkylation sites (tertiary alicyclic amines) is 1. The predicted octanol–water partition coefficient (Wildman–Crippen LogP) is 3.78. The van der Waals surface area contributed by atoms with Gasteiger partial charge in [-0.15, -0.1) is 0 Å². The van der Waals surface area contributed by atoms with Gasteiger partial charge in [0.15, 0.2) is 5.11 Å². The fraction of sp³-hybridized carbons (Fsp3) is 0.579. The van der Waals surface area contributed by atoms with E-state index < -0.39 is 5.97 Å². The monoisotopic (exact) mass is 397 g/mol. The van der Waals surface area contributed by atoms with Crippen LogP contribution in [0.4, 0.5) is 5.69 Å². The highest BCUT2D eigenvalue weighted by Gasteiger charge is 2.21.